The number of aliphatic hydroxyl groups excluding tert-OH is 3. The molecule has 0 saturated carbocycles. The Morgan fingerprint density at radius 3 is 0.744 bits per heavy atom. The van der Waals surface area contributed by atoms with Gasteiger partial charge in [0.2, 0.25) is 0 Å². The van der Waals surface area contributed by atoms with Gasteiger partial charge in [-0.05, 0) is 181 Å². The molecule has 744 valence electrons. The van der Waals surface area contributed by atoms with Crippen LogP contribution in [0.4, 0.5) is 0 Å². The lowest BCUT2D eigenvalue weighted by molar-refractivity contribution is -0.150. The first kappa shape index (κ1) is 126. The lowest BCUT2D eigenvalue weighted by atomic mass is 9.94. The lowest BCUT2D eigenvalue weighted by Crippen LogP contribution is -2.29. The van der Waals surface area contributed by atoms with E-state index in [0.717, 1.165) is 296 Å². The maximum Gasteiger partial charge on any atom is 0.308 e. The number of hydrogen-bond donors (Lipinski definition) is 5. The zero-order valence-electron chi connectivity index (χ0n) is 83.7. The summed E-state index contributed by atoms with van der Waals surface area (Å²) in [6.45, 7) is 25.6. The van der Waals surface area contributed by atoms with Crippen molar-refractivity contribution in [1.29, 1.82) is 0 Å². The summed E-state index contributed by atoms with van der Waals surface area (Å²) < 4.78 is 22.8. The lowest BCUT2D eigenvalue weighted by Gasteiger charge is -2.21. The van der Waals surface area contributed by atoms with Crippen LogP contribution in [0.5, 0.6) is 0 Å². The molecule has 1 atom stereocenters. The van der Waals surface area contributed by atoms with E-state index < -0.39 is 11.9 Å². The van der Waals surface area contributed by atoms with Gasteiger partial charge in [0.1, 0.15) is 6.10 Å². The number of esters is 4. The highest BCUT2D eigenvalue weighted by atomic mass is 16.6. The molecule has 0 heterocycles. The van der Waals surface area contributed by atoms with Gasteiger partial charge in [0, 0.05) is 51.7 Å². The average molecular weight is 1780 g/mol. The molecule has 0 amide bonds. The summed E-state index contributed by atoms with van der Waals surface area (Å²) in [6.07, 6.45) is 86.2. The van der Waals surface area contributed by atoms with Gasteiger partial charge >= 0.3 is 35.8 Å². The summed E-state index contributed by atoms with van der Waals surface area (Å²) in [7, 11) is 0. The second-order valence-corrected chi connectivity index (χ2v) is 37.2. The van der Waals surface area contributed by atoms with Crippen molar-refractivity contribution in [3.05, 3.63) is 0 Å². The number of hydrogen-bond acceptors (Lipinski definition) is 16. The monoisotopic (exact) mass is 1780 g/mol. The fourth-order valence-electron chi connectivity index (χ4n) is 16.8. The van der Waals surface area contributed by atoms with Crippen LogP contribution in [0.1, 0.15) is 543 Å². The normalized spacial score (nSPS) is 11.7. The number of carboxylic acid groups (broad SMARTS) is 2. The molecule has 5 N–H and O–H groups in total. The van der Waals surface area contributed by atoms with E-state index in [0.29, 0.717) is 32.5 Å². The summed E-state index contributed by atoms with van der Waals surface area (Å²) >= 11 is 0. The summed E-state index contributed by atoms with van der Waals surface area (Å²) in [4.78, 5) is 77.6. The van der Waals surface area contributed by atoms with Crippen LogP contribution in [0.3, 0.4) is 0 Å². The molecular formula is C107H211N3O15. The van der Waals surface area contributed by atoms with Crippen LogP contribution in [0, 0.1) is 5.92 Å². The molecule has 0 aliphatic carbocycles. The van der Waals surface area contributed by atoms with Crippen LogP contribution in [0.25, 0.3) is 0 Å². The van der Waals surface area contributed by atoms with E-state index in [2.05, 4.69) is 56.2 Å². The summed E-state index contributed by atoms with van der Waals surface area (Å²) in [5.74, 6) is -1.32. The molecule has 1 unspecified atom stereocenters. The number of rotatable bonds is 100. The second-order valence-electron chi connectivity index (χ2n) is 37.2. The third kappa shape index (κ3) is 103. The first-order chi connectivity index (χ1) is 61.1. The highest BCUT2D eigenvalue weighted by molar-refractivity contribution is 5.72. The minimum Gasteiger partial charge on any atom is -0.481 e. The SMILES string of the molecule is CCCCCCCCC(CCCCCCCC)OC(=O)CCCCCCCN(CCO)CCCCCCCC(=O)O.CCCCCCCCCC(=O)OC(C)CCCCCCN(CCO)CCCCCCCOC(=O)C(CCCCCCCC)CCCCCCCC.CCCCCCCCCOC(=O)CCCCCCCN(CCO)CCCCCCCC(=O)O. The molecule has 0 saturated heterocycles. The number of carboxylic acids is 2. The van der Waals surface area contributed by atoms with Crippen molar-refractivity contribution in [2.24, 2.45) is 5.92 Å². The Morgan fingerprint density at radius 2 is 0.456 bits per heavy atom. The summed E-state index contributed by atoms with van der Waals surface area (Å²) in [5, 5.41) is 45.6. The van der Waals surface area contributed by atoms with E-state index in [-0.39, 0.29) is 74.7 Å². The standard InChI is InChI=1S/C45H89NO5.C35H69NO5.C27H53NO5/c1-5-8-11-14-17-21-29-36-44(48)51-42(4)33-26-22-24-31-38-46(39-40-47)37-30-23-18-25-32-41-50-45(49)43(34-27-19-15-12-9-6-2)35-28-20-16-13-10-7-3;1-3-5-7-9-13-19-25-33(26-20-14-10-8-6-4-2)41-35(40)28-22-16-12-18-24-30-36(31-32-37)29-23-17-11-15-21-27-34(38)39;1-2-3-4-5-6-13-18-25-33-27(32)20-15-10-8-12-17-22-28(23-24-29)21-16-11-7-9-14-19-26(30)31/h42-43,47H,5-41H2,1-4H3;33,37H,3-32H2,1-2H3,(H,38,39);29H,2-25H2,1H3,(H,30,31). The highest BCUT2D eigenvalue weighted by Crippen LogP contribution is 2.24. The molecular weight excluding hydrogens is 1570 g/mol. The second kappa shape index (κ2) is 106. The number of aliphatic carboxylic acids is 2. The van der Waals surface area contributed by atoms with Crippen LogP contribution >= 0.6 is 0 Å². The van der Waals surface area contributed by atoms with Crippen molar-refractivity contribution >= 4 is 35.8 Å². The van der Waals surface area contributed by atoms with Crippen molar-refractivity contribution in [2.45, 2.75) is 555 Å². The van der Waals surface area contributed by atoms with Gasteiger partial charge in [0.05, 0.1) is 45.1 Å². The number of nitrogens with zero attached hydrogens (tertiary/aromatic N) is 3. The molecule has 18 nitrogen and oxygen atoms in total. The van der Waals surface area contributed by atoms with Crippen molar-refractivity contribution in [3.63, 3.8) is 0 Å². The number of aliphatic hydroxyl groups is 3. The van der Waals surface area contributed by atoms with E-state index in [1.54, 1.807) is 0 Å². The first-order valence-corrected chi connectivity index (χ1v) is 54.2. The molecule has 0 aromatic carbocycles. The highest BCUT2D eigenvalue weighted by Gasteiger charge is 2.21. The zero-order chi connectivity index (χ0) is 92.1. The average Bonchev–Trinajstić information content (AvgIpc) is 0.934. The molecule has 0 aromatic rings. The topological polar surface area (TPSA) is 250 Å². The molecule has 0 bridgehead atoms. The fraction of sp³-hybridized carbons (Fsp3) is 0.944. The van der Waals surface area contributed by atoms with E-state index >= 15 is 0 Å². The van der Waals surface area contributed by atoms with Crippen LogP contribution in [-0.4, -0.2) is 180 Å². The number of carbonyl (C=O) groups is 6. The fourth-order valence-corrected chi connectivity index (χ4v) is 16.8. The molecule has 125 heavy (non-hydrogen) atoms. The molecule has 0 spiro atoms. The van der Waals surface area contributed by atoms with E-state index in [9.17, 15) is 44.1 Å². The third-order valence-corrected chi connectivity index (χ3v) is 24.9. The van der Waals surface area contributed by atoms with Gasteiger partial charge in [-0.1, -0.05) is 369 Å². The minimum absolute atomic E-state index is 0.00375. The van der Waals surface area contributed by atoms with Crippen molar-refractivity contribution in [2.75, 3.05) is 91.9 Å². The maximum absolute atomic E-state index is 13.0. The van der Waals surface area contributed by atoms with Gasteiger partial charge in [0.15, 0.2) is 0 Å². The molecule has 0 aromatic heterocycles. The van der Waals surface area contributed by atoms with Gasteiger partial charge in [-0.25, -0.2) is 0 Å². The Bertz CT molecular complexity index is 2180. The zero-order valence-corrected chi connectivity index (χ0v) is 83.7. The van der Waals surface area contributed by atoms with Crippen LogP contribution in [0.2, 0.25) is 0 Å². The van der Waals surface area contributed by atoms with Crippen molar-refractivity contribution in [3.8, 4) is 0 Å². The van der Waals surface area contributed by atoms with Crippen LogP contribution in [0.15, 0.2) is 0 Å². The van der Waals surface area contributed by atoms with E-state index in [4.69, 9.17) is 29.2 Å². The van der Waals surface area contributed by atoms with Crippen LogP contribution < -0.4 is 0 Å². The van der Waals surface area contributed by atoms with Gasteiger partial charge in [-0.3, -0.25) is 28.8 Å². The van der Waals surface area contributed by atoms with Crippen molar-refractivity contribution < 1.29 is 73.2 Å². The summed E-state index contributed by atoms with van der Waals surface area (Å²) in [5.41, 5.74) is 0. The first-order valence-electron chi connectivity index (χ1n) is 54.2. The van der Waals surface area contributed by atoms with Crippen LogP contribution in [-0.2, 0) is 47.7 Å². The summed E-state index contributed by atoms with van der Waals surface area (Å²) in [6, 6.07) is 0. The smallest absolute Gasteiger partial charge is 0.308 e. The predicted molar refractivity (Wildman–Crippen MR) is 526 cm³/mol. The van der Waals surface area contributed by atoms with Gasteiger partial charge in [0.25, 0.3) is 0 Å². The molecule has 0 aliphatic rings. The van der Waals surface area contributed by atoms with Gasteiger partial charge in [-0.2, -0.15) is 0 Å². The maximum atomic E-state index is 13.0. The Hall–Kier alpha value is -3.42. The Kier molecular flexibility index (Phi) is 107. The number of ether oxygens (including phenoxy) is 4. The molecule has 0 rings (SSSR count). The van der Waals surface area contributed by atoms with Crippen molar-refractivity contribution in [1.82, 2.24) is 14.7 Å². The van der Waals surface area contributed by atoms with E-state index in [1.807, 2.05) is 6.92 Å². The van der Waals surface area contributed by atoms with Gasteiger partial charge in [-0.15, -0.1) is 0 Å². The molecule has 0 aliphatic heterocycles. The number of carbonyl (C=O) groups excluding carboxylic acids is 4. The molecule has 0 fully saturated rings. The number of unbranched alkanes of at least 4 members (excludes halogenated alkanes) is 55. The third-order valence-electron chi connectivity index (χ3n) is 24.9. The Labute approximate surface area is 772 Å². The largest absolute Gasteiger partial charge is 0.481 e. The Balaban J connectivity index is -0.00000183. The van der Waals surface area contributed by atoms with Gasteiger partial charge < -0.3 is 59.2 Å². The Morgan fingerprint density at radius 1 is 0.232 bits per heavy atom. The minimum atomic E-state index is -0.706. The van der Waals surface area contributed by atoms with E-state index in [1.165, 1.54) is 225 Å². The predicted octanol–water partition coefficient (Wildman–Crippen LogP) is 28.7. The molecule has 0 radical (unpaired) electrons. The molecule has 18 heteroatoms. The quantitative estimate of drug-likeness (QED) is 0.0216.